The van der Waals surface area contributed by atoms with E-state index in [0.717, 1.165) is 25.4 Å². The van der Waals surface area contributed by atoms with E-state index in [1.807, 2.05) is 47.6 Å². The molecule has 0 bridgehead atoms. The number of carbonyl (C=O) groups excluding carboxylic acids is 2. The second-order valence-corrected chi connectivity index (χ2v) is 13.3. The van der Waals surface area contributed by atoms with E-state index in [-0.39, 0.29) is 30.9 Å². The molecule has 4 atom stereocenters. The van der Waals surface area contributed by atoms with Gasteiger partial charge in [-0.25, -0.2) is 9.59 Å². The van der Waals surface area contributed by atoms with Crippen molar-refractivity contribution in [3.05, 3.63) is 24.5 Å². The summed E-state index contributed by atoms with van der Waals surface area (Å²) in [5.41, 5.74) is -1.01. The van der Waals surface area contributed by atoms with Crippen molar-refractivity contribution in [3.63, 3.8) is 0 Å². The van der Waals surface area contributed by atoms with E-state index < -0.39 is 21.3 Å². The Morgan fingerprint density at radius 2 is 1.27 bits per heavy atom. The summed E-state index contributed by atoms with van der Waals surface area (Å²) >= 11 is 0. The number of aliphatic hydroxyl groups excluding tert-OH is 1. The maximum absolute atomic E-state index is 12.2. The molecule has 2 saturated heterocycles. The van der Waals surface area contributed by atoms with Gasteiger partial charge in [0.25, 0.3) is 10.1 Å². The molecule has 2 rings (SSSR count). The number of aliphatic hydroxyl groups is 1. The average molecular weight is 547 g/mol. The van der Waals surface area contributed by atoms with E-state index >= 15 is 0 Å². The van der Waals surface area contributed by atoms with Gasteiger partial charge in [0.2, 0.25) is 0 Å². The predicted octanol–water partition coefficient (Wildman–Crippen LogP) is 4.87. The number of likely N-dealkylation sites (tertiary alicyclic amines) is 2. The second kappa shape index (κ2) is 13.5. The molecular formula is C26H46N2O8S. The lowest BCUT2D eigenvalue weighted by Crippen LogP contribution is -2.40. The quantitative estimate of drug-likeness (QED) is 0.294. The number of nitrogens with zero attached hydrogens (tertiary/aromatic N) is 2. The molecule has 2 aliphatic heterocycles. The minimum atomic E-state index is -3.44. The molecule has 214 valence electrons. The van der Waals surface area contributed by atoms with Crippen molar-refractivity contribution >= 4 is 22.3 Å². The Hall–Kier alpha value is -2.27. The van der Waals surface area contributed by atoms with Gasteiger partial charge in [-0.1, -0.05) is 26.0 Å². The first-order valence-electron chi connectivity index (χ1n) is 12.7. The number of hydrogen-bond donors (Lipinski definition) is 1. The lowest BCUT2D eigenvalue weighted by molar-refractivity contribution is 0.0233. The molecule has 0 radical (unpaired) electrons. The van der Waals surface area contributed by atoms with Crippen LogP contribution in [0.2, 0.25) is 0 Å². The van der Waals surface area contributed by atoms with Crippen LogP contribution in [0.1, 0.15) is 68.2 Å². The van der Waals surface area contributed by atoms with Crippen molar-refractivity contribution in [1.82, 2.24) is 9.80 Å². The summed E-state index contributed by atoms with van der Waals surface area (Å²) in [4.78, 5) is 27.4. The Morgan fingerprint density at radius 1 is 0.865 bits per heavy atom. The van der Waals surface area contributed by atoms with Gasteiger partial charge >= 0.3 is 12.2 Å². The van der Waals surface area contributed by atoms with E-state index in [1.54, 1.807) is 22.0 Å². The second-order valence-electron chi connectivity index (χ2n) is 11.6. The monoisotopic (exact) mass is 546 g/mol. The molecular weight excluding hydrogens is 500 g/mol. The number of rotatable bonds is 5. The van der Waals surface area contributed by atoms with Gasteiger partial charge in [0.05, 0.1) is 31.2 Å². The van der Waals surface area contributed by atoms with Crippen molar-refractivity contribution in [2.45, 2.75) is 91.5 Å². The molecule has 37 heavy (non-hydrogen) atoms. The fraction of sp³-hybridized carbons (Fsp3) is 0.769. The molecule has 2 heterocycles. The number of carbonyl (C=O) groups is 2. The van der Waals surface area contributed by atoms with Crippen molar-refractivity contribution in [2.24, 2.45) is 11.8 Å². The van der Waals surface area contributed by atoms with Crippen LogP contribution in [-0.4, -0.2) is 84.7 Å². The third-order valence-electron chi connectivity index (χ3n) is 5.79. The molecule has 2 fully saturated rings. The highest BCUT2D eigenvalue weighted by Crippen LogP contribution is 2.28. The van der Waals surface area contributed by atoms with E-state index in [9.17, 15) is 18.0 Å². The summed E-state index contributed by atoms with van der Waals surface area (Å²) in [6, 6.07) is -0.150. The van der Waals surface area contributed by atoms with Crippen molar-refractivity contribution in [3.8, 4) is 0 Å². The molecule has 0 unspecified atom stereocenters. The van der Waals surface area contributed by atoms with Crippen LogP contribution < -0.4 is 0 Å². The lowest BCUT2D eigenvalue weighted by atomic mass is 10.0. The van der Waals surface area contributed by atoms with E-state index in [2.05, 4.69) is 18.0 Å². The lowest BCUT2D eigenvalue weighted by Gasteiger charge is -2.28. The highest BCUT2D eigenvalue weighted by Gasteiger charge is 2.36. The predicted molar refractivity (Wildman–Crippen MR) is 143 cm³/mol. The largest absolute Gasteiger partial charge is 0.516 e. The molecule has 0 aromatic rings. The van der Waals surface area contributed by atoms with Crippen LogP contribution in [0.3, 0.4) is 0 Å². The van der Waals surface area contributed by atoms with Crippen LogP contribution in [0, 0.1) is 11.8 Å². The van der Waals surface area contributed by atoms with Crippen LogP contribution in [0.25, 0.3) is 0 Å². The van der Waals surface area contributed by atoms with Crippen molar-refractivity contribution < 1.29 is 36.8 Å². The van der Waals surface area contributed by atoms with Gasteiger partial charge in [-0.15, -0.1) is 0 Å². The molecule has 2 amide bonds. The summed E-state index contributed by atoms with van der Waals surface area (Å²) in [7, 11) is -3.44. The maximum Gasteiger partial charge on any atom is 0.410 e. The first-order chi connectivity index (χ1) is 16.8. The highest BCUT2D eigenvalue weighted by atomic mass is 32.2. The Morgan fingerprint density at radius 3 is 1.62 bits per heavy atom. The molecule has 0 spiro atoms. The van der Waals surface area contributed by atoms with Gasteiger partial charge in [0.1, 0.15) is 11.2 Å². The fourth-order valence-corrected chi connectivity index (χ4v) is 4.37. The fourth-order valence-electron chi connectivity index (χ4n) is 4.04. The third kappa shape index (κ3) is 12.2. The summed E-state index contributed by atoms with van der Waals surface area (Å²) in [5.74, 6) is 0.655. The van der Waals surface area contributed by atoms with Crippen molar-refractivity contribution in [1.29, 1.82) is 0 Å². The number of amides is 2. The minimum Gasteiger partial charge on any atom is -0.516 e. The first kappa shape index (κ1) is 32.8. The molecule has 11 heteroatoms. The van der Waals surface area contributed by atoms with Gasteiger partial charge in [0.15, 0.2) is 0 Å². The Labute approximate surface area is 222 Å². The molecule has 0 aromatic carbocycles. The smallest absolute Gasteiger partial charge is 0.410 e. The van der Waals surface area contributed by atoms with Gasteiger partial charge in [-0.05, 0) is 72.3 Å². The normalized spacial score (nSPS) is 24.9. The van der Waals surface area contributed by atoms with Gasteiger partial charge < -0.3 is 24.4 Å². The summed E-state index contributed by atoms with van der Waals surface area (Å²) < 4.78 is 37.1. The van der Waals surface area contributed by atoms with Crippen LogP contribution >= 0.6 is 0 Å². The van der Waals surface area contributed by atoms with Crippen LogP contribution in [-0.2, 0) is 23.8 Å². The van der Waals surface area contributed by atoms with E-state index in [4.69, 9.17) is 14.6 Å². The Balaban J connectivity index is 0.000000384. The zero-order chi connectivity index (χ0) is 28.6. The minimum absolute atomic E-state index is 0.0236. The maximum atomic E-state index is 12.2. The summed E-state index contributed by atoms with van der Waals surface area (Å²) in [6.45, 7) is 16.4. The highest BCUT2D eigenvalue weighted by molar-refractivity contribution is 7.85. The van der Waals surface area contributed by atoms with Crippen LogP contribution in [0.5, 0.6) is 0 Å². The zero-order valence-corrected chi connectivity index (χ0v) is 24.6. The molecule has 0 aliphatic carbocycles. The molecule has 0 saturated carbocycles. The molecule has 0 aromatic heterocycles. The number of ether oxygens (including phenoxy) is 2. The molecule has 1 N–H and O–H groups in total. The van der Waals surface area contributed by atoms with Crippen molar-refractivity contribution in [2.75, 3.05) is 26.0 Å². The van der Waals surface area contributed by atoms with Gasteiger partial charge in [-0.3, -0.25) is 4.18 Å². The Kier molecular flexibility index (Phi) is 12.0. The average Bonchev–Trinajstić information content (AvgIpc) is 3.26. The van der Waals surface area contributed by atoms with Crippen LogP contribution in [0.15, 0.2) is 24.5 Å². The van der Waals surface area contributed by atoms with E-state index in [0.29, 0.717) is 24.9 Å². The third-order valence-corrected chi connectivity index (χ3v) is 6.35. The molecule has 2 aliphatic rings. The molecule has 10 nitrogen and oxygen atoms in total. The SMILES string of the molecule is C[C@H]1CCN(C(=O)OC(C)(C)C)[C@@H]1/C=C/COS(C)(=O)=O.C[C@H]1CCN(C(=O)OC(C)(C)C)[C@@H]1/C=C/O. The Bertz CT molecular complexity index is 918. The standard InChI is InChI=1S/C14H25NO5S.C12H21NO3/c1-11-8-9-15(13(16)20-14(2,3)4)12(11)7-6-10-19-21(5,17)18;1-9-5-7-13(10(9)6-8-14)11(15)16-12(2,3)4/h6-7,11-12H,8-10H2,1-5H3;6,8-10,14H,5,7H2,1-4H3/b7-6+;8-6+/t11-,12+;9-,10+/m00/s1. The van der Waals surface area contributed by atoms with Gasteiger partial charge in [0, 0.05) is 13.1 Å². The van der Waals surface area contributed by atoms with E-state index in [1.165, 1.54) is 0 Å². The summed E-state index contributed by atoms with van der Waals surface area (Å²) in [6.07, 6.45) is 8.27. The van der Waals surface area contributed by atoms with Crippen LogP contribution in [0.4, 0.5) is 9.59 Å². The van der Waals surface area contributed by atoms with Gasteiger partial charge in [-0.2, -0.15) is 8.42 Å². The zero-order valence-electron chi connectivity index (χ0n) is 23.8. The topological polar surface area (TPSA) is 123 Å². The first-order valence-corrected chi connectivity index (χ1v) is 14.5. The summed E-state index contributed by atoms with van der Waals surface area (Å²) in [5, 5.41) is 8.82. The number of hydrogen-bond acceptors (Lipinski definition) is 8.